The lowest BCUT2D eigenvalue weighted by molar-refractivity contribution is -0.135. The van der Waals surface area contributed by atoms with Crippen molar-refractivity contribution < 1.29 is 9.53 Å². The number of rotatable bonds is 3. The molecule has 0 aromatic heterocycles. The molecular formula is C24H32N2O2. The zero-order chi connectivity index (χ0) is 19.1. The third kappa shape index (κ3) is 3.26. The van der Waals surface area contributed by atoms with Gasteiger partial charge in [0.15, 0.2) is 0 Å². The van der Waals surface area contributed by atoms with Crippen LogP contribution in [0.2, 0.25) is 0 Å². The average molecular weight is 381 g/mol. The first-order valence-electron chi connectivity index (χ1n) is 11.1. The molecule has 150 valence electrons. The van der Waals surface area contributed by atoms with E-state index in [1.54, 1.807) is 12.7 Å². The Hall–Kier alpha value is -1.81. The first-order valence-corrected chi connectivity index (χ1v) is 11.1. The molecule has 1 aromatic carbocycles. The molecule has 1 aromatic rings. The first-order chi connectivity index (χ1) is 13.7. The Kier molecular flexibility index (Phi) is 4.92. The van der Waals surface area contributed by atoms with Gasteiger partial charge in [-0.1, -0.05) is 30.2 Å². The first kappa shape index (κ1) is 18.2. The molecule has 0 saturated carbocycles. The van der Waals surface area contributed by atoms with Crippen LogP contribution in [0.1, 0.15) is 44.1 Å². The molecule has 3 heterocycles. The van der Waals surface area contributed by atoms with Crippen molar-refractivity contribution in [2.75, 3.05) is 26.7 Å². The van der Waals surface area contributed by atoms with Gasteiger partial charge in [0.1, 0.15) is 5.75 Å². The fourth-order valence-electron chi connectivity index (χ4n) is 6.27. The number of likely N-dealkylation sites (tertiary alicyclic amines) is 1. The van der Waals surface area contributed by atoms with Gasteiger partial charge in [0.2, 0.25) is 5.91 Å². The molecule has 3 aliphatic heterocycles. The number of hydrogen-bond donors (Lipinski definition) is 0. The number of fused-ring (bicyclic) bond motifs is 6. The van der Waals surface area contributed by atoms with Crippen LogP contribution >= 0.6 is 0 Å². The fourth-order valence-corrected chi connectivity index (χ4v) is 6.27. The van der Waals surface area contributed by atoms with Crippen molar-refractivity contribution in [3.63, 3.8) is 0 Å². The van der Waals surface area contributed by atoms with Crippen LogP contribution in [0.15, 0.2) is 35.9 Å². The third-order valence-corrected chi connectivity index (χ3v) is 7.49. The zero-order valence-corrected chi connectivity index (χ0v) is 17.0. The smallest absolute Gasteiger partial charge is 0.227 e. The Bertz CT molecular complexity index is 756. The number of methoxy groups -OCH3 is 1. The van der Waals surface area contributed by atoms with Crippen LogP contribution in [0.25, 0.3) is 0 Å². The van der Waals surface area contributed by atoms with Gasteiger partial charge < -0.3 is 9.64 Å². The summed E-state index contributed by atoms with van der Waals surface area (Å²) >= 11 is 0. The molecule has 1 amide bonds. The number of piperidine rings is 3. The molecule has 0 radical (unpaired) electrons. The van der Waals surface area contributed by atoms with E-state index in [-0.39, 0.29) is 0 Å². The topological polar surface area (TPSA) is 32.8 Å². The summed E-state index contributed by atoms with van der Waals surface area (Å²) < 4.78 is 5.24. The molecule has 3 saturated heterocycles. The van der Waals surface area contributed by atoms with Gasteiger partial charge in [-0.2, -0.15) is 0 Å². The van der Waals surface area contributed by atoms with Crippen molar-refractivity contribution >= 4 is 5.91 Å². The molecule has 1 aliphatic carbocycles. The monoisotopic (exact) mass is 380 g/mol. The van der Waals surface area contributed by atoms with Gasteiger partial charge in [-0.05, 0) is 68.2 Å². The van der Waals surface area contributed by atoms with Gasteiger partial charge in [0.25, 0.3) is 0 Å². The van der Waals surface area contributed by atoms with Crippen molar-refractivity contribution in [2.24, 2.45) is 11.8 Å². The SMILES string of the molecule is COc1ccc(CC(=O)N2CCCC3=C[C@H]4C[C@@H](CN5CCCC[C@H]45)[C@@H]32)cc1. The molecule has 0 unspecified atom stereocenters. The highest BCUT2D eigenvalue weighted by Gasteiger charge is 2.46. The van der Waals surface area contributed by atoms with Crippen LogP contribution < -0.4 is 4.74 Å². The van der Waals surface area contributed by atoms with Crippen LogP contribution in [0, 0.1) is 11.8 Å². The van der Waals surface area contributed by atoms with Crippen LogP contribution in [-0.2, 0) is 11.2 Å². The second-order valence-electron chi connectivity index (χ2n) is 9.12. The Morgan fingerprint density at radius 2 is 2.00 bits per heavy atom. The summed E-state index contributed by atoms with van der Waals surface area (Å²) in [6, 6.07) is 9.06. The van der Waals surface area contributed by atoms with Gasteiger partial charge in [-0.15, -0.1) is 0 Å². The quantitative estimate of drug-likeness (QED) is 0.751. The van der Waals surface area contributed by atoms with Crippen molar-refractivity contribution in [2.45, 2.75) is 57.0 Å². The highest BCUT2D eigenvalue weighted by atomic mass is 16.5. The highest BCUT2D eigenvalue weighted by Crippen LogP contribution is 2.45. The van der Waals surface area contributed by atoms with E-state index < -0.39 is 0 Å². The van der Waals surface area contributed by atoms with E-state index in [0.29, 0.717) is 24.3 Å². The molecule has 4 aliphatic rings. The van der Waals surface area contributed by atoms with Gasteiger partial charge >= 0.3 is 0 Å². The average Bonchev–Trinajstić information content (AvgIpc) is 2.74. The van der Waals surface area contributed by atoms with Gasteiger partial charge in [0, 0.05) is 19.1 Å². The molecule has 0 spiro atoms. The number of benzene rings is 1. The van der Waals surface area contributed by atoms with Crippen LogP contribution in [-0.4, -0.2) is 54.5 Å². The van der Waals surface area contributed by atoms with E-state index in [0.717, 1.165) is 36.2 Å². The van der Waals surface area contributed by atoms with Gasteiger partial charge in [-0.3, -0.25) is 9.69 Å². The lowest BCUT2D eigenvalue weighted by Gasteiger charge is -2.54. The lowest BCUT2D eigenvalue weighted by atomic mass is 9.68. The maximum absolute atomic E-state index is 13.3. The fraction of sp³-hybridized carbons (Fsp3) is 0.625. The number of amides is 1. The number of nitrogens with zero attached hydrogens (tertiary/aromatic N) is 2. The molecule has 4 nitrogen and oxygen atoms in total. The Morgan fingerprint density at radius 1 is 1.14 bits per heavy atom. The second kappa shape index (κ2) is 7.55. The Labute approximate surface area is 168 Å². The number of carbonyl (C=O) groups excluding carboxylic acids is 1. The van der Waals surface area contributed by atoms with E-state index in [1.807, 2.05) is 24.3 Å². The Morgan fingerprint density at radius 3 is 2.82 bits per heavy atom. The van der Waals surface area contributed by atoms with E-state index in [4.69, 9.17) is 4.74 Å². The predicted molar refractivity (Wildman–Crippen MR) is 110 cm³/mol. The highest BCUT2D eigenvalue weighted by molar-refractivity contribution is 5.80. The second-order valence-corrected chi connectivity index (χ2v) is 9.12. The van der Waals surface area contributed by atoms with Crippen molar-refractivity contribution in [1.29, 1.82) is 0 Å². The van der Waals surface area contributed by atoms with Gasteiger partial charge in [0.05, 0.1) is 19.6 Å². The minimum absolute atomic E-state index is 0.292. The lowest BCUT2D eigenvalue weighted by Crippen LogP contribution is -2.60. The molecule has 0 N–H and O–H groups in total. The summed E-state index contributed by atoms with van der Waals surface area (Å²) in [4.78, 5) is 18.2. The van der Waals surface area contributed by atoms with Crippen molar-refractivity contribution in [1.82, 2.24) is 9.80 Å². The summed E-state index contributed by atoms with van der Waals surface area (Å²) in [6.07, 6.45) is 10.8. The van der Waals surface area contributed by atoms with Gasteiger partial charge in [-0.25, -0.2) is 0 Å². The van der Waals surface area contributed by atoms with E-state index in [1.165, 1.54) is 45.2 Å². The van der Waals surface area contributed by atoms with E-state index in [2.05, 4.69) is 15.9 Å². The Balaban J connectivity index is 1.35. The molecule has 2 bridgehead atoms. The van der Waals surface area contributed by atoms with Crippen LogP contribution in [0.4, 0.5) is 0 Å². The number of carbonyl (C=O) groups is 1. The molecule has 4 atom stereocenters. The molecule has 28 heavy (non-hydrogen) atoms. The largest absolute Gasteiger partial charge is 0.497 e. The van der Waals surface area contributed by atoms with E-state index in [9.17, 15) is 4.79 Å². The van der Waals surface area contributed by atoms with Crippen molar-refractivity contribution in [3.8, 4) is 5.75 Å². The molecule has 3 fully saturated rings. The summed E-state index contributed by atoms with van der Waals surface area (Å²) in [5.41, 5.74) is 2.65. The molecular weight excluding hydrogens is 348 g/mol. The van der Waals surface area contributed by atoms with Crippen LogP contribution in [0.5, 0.6) is 5.75 Å². The van der Waals surface area contributed by atoms with Crippen LogP contribution in [0.3, 0.4) is 0 Å². The minimum Gasteiger partial charge on any atom is -0.497 e. The maximum Gasteiger partial charge on any atom is 0.227 e. The molecule has 5 rings (SSSR count). The number of hydrogen-bond acceptors (Lipinski definition) is 3. The summed E-state index contributed by atoms with van der Waals surface area (Å²) in [5.74, 6) is 2.48. The summed E-state index contributed by atoms with van der Waals surface area (Å²) in [6.45, 7) is 3.37. The standard InChI is InChI=1S/C24H32N2O2/c1-28-21-9-7-17(8-10-21)13-23(27)26-12-4-5-18-14-19-15-20(24(18)26)16-25-11-3-2-6-22(19)25/h7-10,14,19-20,22,24H,2-6,11-13,15-16H2,1H3/t19-,20-,22+,24+/m0/s1. The normalized spacial score (nSPS) is 32.2. The van der Waals surface area contributed by atoms with E-state index >= 15 is 0 Å². The summed E-state index contributed by atoms with van der Waals surface area (Å²) in [5, 5.41) is 0. The van der Waals surface area contributed by atoms with Crippen molar-refractivity contribution in [3.05, 3.63) is 41.5 Å². The maximum atomic E-state index is 13.3. The molecule has 4 heteroatoms. The number of ether oxygens (including phenoxy) is 1. The minimum atomic E-state index is 0.292. The summed E-state index contributed by atoms with van der Waals surface area (Å²) in [7, 11) is 1.68. The third-order valence-electron chi connectivity index (χ3n) is 7.49. The zero-order valence-electron chi connectivity index (χ0n) is 17.0. The predicted octanol–water partition coefficient (Wildman–Crippen LogP) is 3.66.